The van der Waals surface area contributed by atoms with E-state index in [-0.39, 0.29) is 0 Å². The van der Waals surface area contributed by atoms with Gasteiger partial charge in [0.25, 0.3) is 0 Å². The maximum atomic E-state index is 5.74. The number of aryl methyl sites for hydroxylation is 2. The highest BCUT2D eigenvalue weighted by Gasteiger charge is 2.11. The van der Waals surface area contributed by atoms with Crippen molar-refractivity contribution in [2.75, 3.05) is 6.54 Å². The van der Waals surface area contributed by atoms with Gasteiger partial charge in [-0.2, -0.15) is 0 Å². The predicted octanol–water partition coefficient (Wildman–Crippen LogP) is 3.46. The molecule has 0 aliphatic carbocycles. The van der Waals surface area contributed by atoms with Crippen molar-refractivity contribution in [1.82, 2.24) is 4.98 Å². The van der Waals surface area contributed by atoms with Crippen molar-refractivity contribution in [2.45, 2.75) is 32.1 Å². The first-order valence-corrected chi connectivity index (χ1v) is 6.95. The summed E-state index contributed by atoms with van der Waals surface area (Å²) in [5.41, 5.74) is 9.78. The van der Waals surface area contributed by atoms with Crippen LogP contribution in [0.3, 0.4) is 0 Å². The highest BCUT2D eigenvalue weighted by Crippen LogP contribution is 2.24. The fraction of sp³-hybridized carbons (Fsp3) is 0.353. The number of nitrogens with zero attached hydrogens (tertiary/aromatic N) is 1. The average Bonchev–Trinajstić information content (AvgIpc) is 2.44. The largest absolute Gasteiger partial charge is 0.330 e. The maximum absolute atomic E-state index is 5.74. The number of pyridine rings is 1. The summed E-state index contributed by atoms with van der Waals surface area (Å²) in [5.74, 6) is 0.513. The Bertz CT molecular complexity index is 494. The summed E-state index contributed by atoms with van der Waals surface area (Å²) in [4.78, 5) is 4.22. The molecular formula is C17H22N2. The molecule has 19 heavy (non-hydrogen) atoms. The van der Waals surface area contributed by atoms with Crippen LogP contribution < -0.4 is 5.73 Å². The van der Waals surface area contributed by atoms with Crippen LogP contribution in [0.15, 0.2) is 48.8 Å². The highest BCUT2D eigenvalue weighted by atomic mass is 14.6. The quantitative estimate of drug-likeness (QED) is 0.857. The zero-order valence-electron chi connectivity index (χ0n) is 11.5. The highest BCUT2D eigenvalue weighted by molar-refractivity contribution is 5.23. The molecule has 2 rings (SSSR count). The Morgan fingerprint density at radius 3 is 2.74 bits per heavy atom. The molecule has 2 heteroatoms. The molecule has 0 saturated carbocycles. The molecule has 0 fully saturated rings. The molecular weight excluding hydrogens is 232 g/mol. The van der Waals surface area contributed by atoms with E-state index < -0.39 is 0 Å². The smallest absolute Gasteiger partial charge is 0.0302 e. The molecule has 0 aliphatic heterocycles. The van der Waals surface area contributed by atoms with Crippen LogP contribution in [-0.2, 0) is 6.42 Å². The Morgan fingerprint density at radius 2 is 2.05 bits per heavy atom. The molecule has 0 bridgehead atoms. The van der Waals surface area contributed by atoms with Gasteiger partial charge in [0.2, 0.25) is 0 Å². The van der Waals surface area contributed by atoms with Crippen LogP contribution in [0.4, 0.5) is 0 Å². The van der Waals surface area contributed by atoms with Gasteiger partial charge in [-0.25, -0.2) is 0 Å². The third-order valence-corrected chi connectivity index (χ3v) is 3.53. The van der Waals surface area contributed by atoms with Gasteiger partial charge in [0.1, 0.15) is 0 Å². The minimum Gasteiger partial charge on any atom is -0.330 e. The third kappa shape index (κ3) is 4.18. The van der Waals surface area contributed by atoms with Crippen molar-refractivity contribution < 1.29 is 0 Å². The molecule has 1 aromatic heterocycles. The first kappa shape index (κ1) is 13.8. The monoisotopic (exact) mass is 254 g/mol. The second kappa shape index (κ2) is 7.05. The fourth-order valence-electron chi connectivity index (χ4n) is 2.50. The second-order valence-corrected chi connectivity index (χ2v) is 5.09. The summed E-state index contributed by atoms with van der Waals surface area (Å²) >= 11 is 0. The van der Waals surface area contributed by atoms with Gasteiger partial charge in [-0.1, -0.05) is 35.9 Å². The normalized spacial score (nSPS) is 12.3. The number of benzene rings is 1. The van der Waals surface area contributed by atoms with Gasteiger partial charge in [-0.05, 0) is 55.8 Å². The van der Waals surface area contributed by atoms with E-state index >= 15 is 0 Å². The lowest BCUT2D eigenvalue weighted by atomic mass is 9.90. The summed E-state index contributed by atoms with van der Waals surface area (Å²) in [6.45, 7) is 2.87. The molecule has 1 unspecified atom stereocenters. The summed E-state index contributed by atoms with van der Waals surface area (Å²) in [5, 5.41) is 0. The summed E-state index contributed by atoms with van der Waals surface area (Å²) < 4.78 is 0. The lowest BCUT2D eigenvalue weighted by Crippen LogP contribution is -2.09. The molecule has 0 spiro atoms. The fourth-order valence-corrected chi connectivity index (χ4v) is 2.50. The minimum atomic E-state index is 0.513. The summed E-state index contributed by atoms with van der Waals surface area (Å²) in [6, 6.07) is 12.9. The van der Waals surface area contributed by atoms with Crippen molar-refractivity contribution in [2.24, 2.45) is 5.73 Å². The molecule has 100 valence electrons. The summed E-state index contributed by atoms with van der Waals surface area (Å²) in [7, 11) is 0. The Balaban J connectivity index is 2.01. The Hall–Kier alpha value is -1.67. The maximum Gasteiger partial charge on any atom is 0.0302 e. The second-order valence-electron chi connectivity index (χ2n) is 5.09. The van der Waals surface area contributed by atoms with E-state index in [2.05, 4.69) is 42.2 Å². The molecule has 0 radical (unpaired) electrons. The van der Waals surface area contributed by atoms with Crippen LogP contribution in [0, 0.1) is 6.92 Å². The first-order valence-electron chi connectivity index (χ1n) is 6.95. The number of hydrogen-bond acceptors (Lipinski definition) is 2. The van der Waals surface area contributed by atoms with Gasteiger partial charge in [-0.15, -0.1) is 0 Å². The summed E-state index contributed by atoms with van der Waals surface area (Å²) in [6.07, 6.45) is 7.05. The Kier molecular flexibility index (Phi) is 5.10. The van der Waals surface area contributed by atoms with Crippen molar-refractivity contribution in [3.63, 3.8) is 0 Å². The molecule has 2 nitrogen and oxygen atoms in total. The van der Waals surface area contributed by atoms with Crippen LogP contribution in [0.1, 0.15) is 35.4 Å². The van der Waals surface area contributed by atoms with E-state index in [1.54, 1.807) is 0 Å². The van der Waals surface area contributed by atoms with Crippen molar-refractivity contribution in [3.05, 3.63) is 65.5 Å². The average molecular weight is 254 g/mol. The lowest BCUT2D eigenvalue weighted by Gasteiger charge is -2.16. The molecule has 0 amide bonds. The van der Waals surface area contributed by atoms with Gasteiger partial charge < -0.3 is 5.73 Å². The molecule has 2 N–H and O–H groups in total. The molecule has 0 aliphatic rings. The van der Waals surface area contributed by atoms with Gasteiger partial charge >= 0.3 is 0 Å². The van der Waals surface area contributed by atoms with Gasteiger partial charge in [0.05, 0.1) is 0 Å². The van der Waals surface area contributed by atoms with Crippen LogP contribution >= 0.6 is 0 Å². The topological polar surface area (TPSA) is 38.9 Å². The number of aromatic nitrogens is 1. The van der Waals surface area contributed by atoms with Crippen molar-refractivity contribution in [1.29, 1.82) is 0 Å². The van der Waals surface area contributed by atoms with E-state index in [0.29, 0.717) is 5.92 Å². The predicted molar refractivity (Wildman–Crippen MR) is 80.1 cm³/mol. The molecule has 2 aromatic rings. The number of hydrogen-bond donors (Lipinski definition) is 1. The minimum absolute atomic E-state index is 0.513. The number of rotatable bonds is 6. The van der Waals surface area contributed by atoms with Gasteiger partial charge in [0.15, 0.2) is 0 Å². The third-order valence-electron chi connectivity index (χ3n) is 3.53. The Labute approximate surface area is 115 Å². The zero-order chi connectivity index (χ0) is 13.5. The zero-order valence-corrected chi connectivity index (χ0v) is 11.5. The van der Waals surface area contributed by atoms with Crippen LogP contribution in [0.25, 0.3) is 0 Å². The SMILES string of the molecule is Cc1cccc(CCC(CCN)c2cccnc2)c1. The van der Waals surface area contributed by atoms with E-state index in [1.807, 2.05) is 18.5 Å². The van der Waals surface area contributed by atoms with E-state index in [9.17, 15) is 0 Å². The molecule has 1 aromatic carbocycles. The van der Waals surface area contributed by atoms with Crippen molar-refractivity contribution >= 4 is 0 Å². The van der Waals surface area contributed by atoms with Crippen molar-refractivity contribution in [3.8, 4) is 0 Å². The van der Waals surface area contributed by atoms with Gasteiger partial charge in [0, 0.05) is 12.4 Å². The van der Waals surface area contributed by atoms with Crippen LogP contribution in [0.2, 0.25) is 0 Å². The lowest BCUT2D eigenvalue weighted by molar-refractivity contribution is 0.582. The van der Waals surface area contributed by atoms with Crippen LogP contribution in [-0.4, -0.2) is 11.5 Å². The van der Waals surface area contributed by atoms with E-state index in [1.165, 1.54) is 16.7 Å². The molecule has 0 saturated heterocycles. The van der Waals surface area contributed by atoms with Crippen LogP contribution in [0.5, 0.6) is 0 Å². The van der Waals surface area contributed by atoms with E-state index in [4.69, 9.17) is 5.73 Å². The first-order chi connectivity index (χ1) is 9.29. The number of nitrogens with two attached hydrogens (primary N) is 1. The van der Waals surface area contributed by atoms with Gasteiger partial charge in [-0.3, -0.25) is 4.98 Å². The molecule has 1 heterocycles. The Morgan fingerprint density at radius 1 is 1.16 bits per heavy atom. The standard InChI is InChI=1S/C17H22N2/c1-14-4-2-5-15(12-14)7-8-16(9-10-18)17-6-3-11-19-13-17/h2-6,11-13,16H,7-10,18H2,1H3. The van der Waals surface area contributed by atoms with E-state index in [0.717, 1.165) is 25.8 Å². The molecule has 1 atom stereocenters.